The van der Waals surface area contributed by atoms with Gasteiger partial charge in [-0.25, -0.2) is 4.98 Å². The first-order valence-electron chi connectivity index (χ1n) is 5.55. The Morgan fingerprint density at radius 3 is 2.44 bits per heavy atom. The minimum atomic E-state index is -1.02. The fraction of sp³-hybridized carbons (Fsp3) is 0.308. The Morgan fingerprint density at radius 1 is 1.12 bits per heavy atom. The van der Waals surface area contributed by atoms with Crippen molar-refractivity contribution in [3.63, 3.8) is 0 Å². The average Bonchev–Trinajstić information content (AvgIpc) is 2.65. The van der Waals surface area contributed by atoms with Crippen molar-refractivity contribution in [2.75, 3.05) is 0 Å². The molecule has 84 valence electrons. The number of rotatable bonds is 3. The molecule has 0 aliphatic carbocycles. The van der Waals surface area contributed by atoms with Crippen LogP contribution < -0.4 is 0 Å². The second kappa shape index (κ2) is 4.51. The topological polar surface area (TPSA) is 12.9 Å². The molecule has 1 heterocycles. The van der Waals surface area contributed by atoms with Crippen LogP contribution in [-0.2, 0) is 6.04 Å². The van der Waals surface area contributed by atoms with Crippen LogP contribution in [0.1, 0.15) is 4.88 Å². The first-order valence-corrected chi connectivity index (χ1v) is 10.1. The monoisotopic (exact) mass is 247 g/mol. The van der Waals surface area contributed by atoms with Gasteiger partial charge in [0.15, 0.2) is 0 Å². The molecule has 1 aromatic carbocycles. The molecule has 0 atom stereocenters. The molecule has 16 heavy (non-hydrogen) atoms. The van der Waals surface area contributed by atoms with Crippen LogP contribution in [0.3, 0.4) is 0 Å². The van der Waals surface area contributed by atoms with Crippen LogP contribution in [0.2, 0.25) is 19.6 Å². The molecule has 0 N–H and O–H groups in total. The maximum atomic E-state index is 4.51. The standard InChI is InChI=1S/C13H17NSSi/c1-16(2,3)10-12-9-14-13(15-12)11-7-5-4-6-8-11/h4-9H,10H2,1-3H3. The Morgan fingerprint density at radius 2 is 1.81 bits per heavy atom. The first-order chi connectivity index (χ1) is 7.54. The summed E-state index contributed by atoms with van der Waals surface area (Å²) in [5.41, 5.74) is 1.23. The van der Waals surface area contributed by atoms with E-state index in [1.54, 1.807) is 0 Å². The van der Waals surface area contributed by atoms with E-state index in [0.717, 1.165) is 5.01 Å². The van der Waals surface area contributed by atoms with Crippen molar-refractivity contribution in [2.45, 2.75) is 25.7 Å². The zero-order chi connectivity index (χ0) is 11.6. The Kier molecular flexibility index (Phi) is 3.26. The maximum Gasteiger partial charge on any atom is 0.123 e. The number of thiazole rings is 1. The fourth-order valence-electron chi connectivity index (χ4n) is 1.63. The normalized spacial score (nSPS) is 11.7. The van der Waals surface area contributed by atoms with Gasteiger partial charge in [0.25, 0.3) is 0 Å². The molecular formula is C13H17NSSi. The summed E-state index contributed by atoms with van der Waals surface area (Å²) in [4.78, 5) is 5.94. The summed E-state index contributed by atoms with van der Waals surface area (Å²) in [5, 5.41) is 1.15. The third-order valence-corrected chi connectivity index (χ3v) is 5.02. The highest BCUT2D eigenvalue weighted by Gasteiger charge is 2.15. The lowest BCUT2D eigenvalue weighted by molar-refractivity contribution is 1.32. The van der Waals surface area contributed by atoms with Crippen LogP contribution in [0.15, 0.2) is 36.5 Å². The summed E-state index contributed by atoms with van der Waals surface area (Å²) in [5.74, 6) is 0. The molecule has 0 saturated heterocycles. The molecule has 1 aromatic heterocycles. The lowest BCUT2D eigenvalue weighted by Gasteiger charge is -2.12. The molecule has 0 spiro atoms. The summed E-state index contributed by atoms with van der Waals surface area (Å²) in [7, 11) is -1.02. The van der Waals surface area contributed by atoms with Crippen molar-refractivity contribution in [1.29, 1.82) is 0 Å². The molecule has 0 aliphatic heterocycles. The Balaban J connectivity index is 2.21. The number of hydrogen-bond acceptors (Lipinski definition) is 2. The second-order valence-electron chi connectivity index (χ2n) is 5.24. The average molecular weight is 247 g/mol. The largest absolute Gasteiger partial charge is 0.244 e. The Labute approximate surface area is 102 Å². The summed E-state index contributed by atoms with van der Waals surface area (Å²) in [6.45, 7) is 7.19. The minimum absolute atomic E-state index is 1.02. The molecule has 0 bridgehead atoms. The maximum absolute atomic E-state index is 4.51. The van der Waals surface area contributed by atoms with Gasteiger partial charge >= 0.3 is 0 Å². The van der Waals surface area contributed by atoms with Crippen molar-refractivity contribution in [3.05, 3.63) is 41.4 Å². The zero-order valence-corrected chi connectivity index (χ0v) is 11.8. The molecule has 2 rings (SSSR count). The van der Waals surface area contributed by atoms with Gasteiger partial charge in [0.05, 0.1) is 0 Å². The van der Waals surface area contributed by atoms with Gasteiger partial charge in [-0.15, -0.1) is 11.3 Å². The van der Waals surface area contributed by atoms with Crippen molar-refractivity contribution < 1.29 is 0 Å². The SMILES string of the molecule is C[Si](C)(C)Cc1cnc(-c2ccccc2)s1. The van der Waals surface area contributed by atoms with E-state index in [1.807, 2.05) is 23.6 Å². The van der Waals surface area contributed by atoms with Crippen LogP contribution in [0.5, 0.6) is 0 Å². The molecule has 1 nitrogen and oxygen atoms in total. The smallest absolute Gasteiger partial charge is 0.123 e. The summed E-state index contributed by atoms with van der Waals surface area (Å²) in [6, 6.07) is 11.6. The van der Waals surface area contributed by atoms with Crippen molar-refractivity contribution >= 4 is 19.4 Å². The van der Waals surface area contributed by atoms with Crippen molar-refractivity contribution in [2.24, 2.45) is 0 Å². The van der Waals surface area contributed by atoms with Gasteiger partial charge in [-0.2, -0.15) is 0 Å². The second-order valence-corrected chi connectivity index (χ2v) is 11.8. The van der Waals surface area contributed by atoms with Gasteiger partial charge in [-0.1, -0.05) is 50.0 Å². The lowest BCUT2D eigenvalue weighted by atomic mass is 10.2. The fourth-order valence-corrected chi connectivity index (χ4v) is 5.06. The van der Waals surface area contributed by atoms with E-state index in [0.29, 0.717) is 0 Å². The molecule has 0 saturated carbocycles. The Bertz CT molecular complexity index is 456. The Hall–Kier alpha value is -0.933. The first kappa shape index (κ1) is 11.5. The minimum Gasteiger partial charge on any atom is -0.244 e. The van der Waals surface area contributed by atoms with Crippen LogP contribution in [-0.4, -0.2) is 13.1 Å². The van der Waals surface area contributed by atoms with E-state index in [9.17, 15) is 0 Å². The van der Waals surface area contributed by atoms with Gasteiger partial charge < -0.3 is 0 Å². The highest BCUT2D eigenvalue weighted by Crippen LogP contribution is 2.26. The zero-order valence-electron chi connectivity index (χ0n) is 10.0. The van der Waals surface area contributed by atoms with E-state index in [-0.39, 0.29) is 0 Å². The van der Waals surface area contributed by atoms with Gasteiger partial charge in [-0.3, -0.25) is 0 Å². The number of hydrogen-bond donors (Lipinski definition) is 0. The third kappa shape index (κ3) is 3.03. The molecular weight excluding hydrogens is 230 g/mol. The highest BCUT2D eigenvalue weighted by molar-refractivity contribution is 7.15. The number of nitrogens with zero attached hydrogens (tertiary/aromatic N) is 1. The molecule has 0 amide bonds. The summed E-state index contributed by atoms with van der Waals surface area (Å²) < 4.78 is 0. The van der Waals surface area contributed by atoms with E-state index in [4.69, 9.17) is 0 Å². The highest BCUT2D eigenvalue weighted by atomic mass is 32.1. The van der Waals surface area contributed by atoms with Gasteiger partial charge in [-0.05, 0) is 6.04 Å². The predicted molar refractivity (Wildman–Crippen MR) is 74.6 cm³/mol. The van der Waals surface area contributed by atoms with Gasteiger partial charge in [0.1, 0.15) is 5.01 Å². The van der Waals surface area contributed by atoms with Gasteiger partial charge in [0.2, 0.25) is 0 Å². The van der Waals surface area contributed by atoms with E-state index in [2.05, 4.69) is 48.9 Å². The molecule has 3 heteroatoms. The van der Waals surface area contributed by atoms with Crippen LogP contribution in [0, 0.1) is 0 Å². The summed E-state index contributed by atoms with van der Waals surface area (Å²) >= 11 is 1.84. The number of benzene rings is 1. The summed E-state index contributed by atoms with van der Waals surface area (Å²) in [6.07, 6.45) is 2.05. The van der Waals surface area contributed by atoms with Crippen molar-refractivity contribution in [3.8, 4) is 10.6 Å². The van der Waals surface area contributed by atoms with Gasteiger partial charge in [0, 0.05) is 24.7 Å². The molecule has 0 radical (unpaired) electrons. The van der Waals surface area contributed by atoms with Crippen LogP contribution in [0.4, 0.5) is 0 Å². The van der Waals surface area contributed by atoms with Crippen molar-refractivity contribution in [1.82, 2.24) is 4.98 Å². The molecule has 0 fully saturated rings. The molecule has 0 aliphatic rings. The predicted octanol–water partition coefficient (Wildman–Crippen LogP) is 4.23. The van der Waals surface area contributed by atoms with Crippen LogP contribution >= 0.6 is 11.3 Å². The lowest BCUT2D eigenvalue weighted by Crippen LogP contribution is -2.23. The van der Waals surface area contributed by atoms with Crippen LogP contribution in [0.25, 0.3) is 10.6 Å². The molecule has 0 unspecified atom stereocenters. The quantitative estimate of drug-likeness (QED) is 0.740. The number of aromatic nitrogens is 1. The van der Waals surface area contributed by atoms with E-state index >= 15 is 0 Å². The molecule has 2 aromatic rings. The van der Waals surface area contributed by atoms with E-state index in [1.165, 1.54) is 16.5 Å². The van der Waals surface area contributed by atoms with E-state index < -0.39 is 8.07 Å². The third-order valence-electron chi connectivity index (χ3n) is 2.28.